The van der Waals surface area contributed by atoms with Crippen molar-refractivity contribution >= 4 is 5.91 Å². The summed E-state index contributed by atoms with van der Waals surface area (Å²) < 4.78 is 13.2. The van der Waals surface area contributed by atoms with E-state index < -0.39 is 11.9 Å². The summed E-state index contributed by atoms with van der Waals surface area (Å²) in [6.45, 7) is 2.39. The molecule has 1 aliphatic heterocycles. The Morgan fingerprint density at radius 2 is 2.30 bits per heavy atom. The fourth-order valence-electron chi connectivity index (χ4n) is 2.78. The number of halogens is 1. The summed E-state index contributed by atoms with van der Waals surface area (Å²) >= 11 is 0. The van der Waals surface area contributed by atoms with Crippen LogP contribution in [0.3, 0.4) is 0 Å². The first-order chi connectivity index (χ1) is 9.58. The minimum absolute atomic E-state index is 0.0215. The van der Waals surface area contributed by atoms with Crippen LogP contribution < -0.4 is 0 Å². The van der Waals surface area contributed by atoms with Gasteiger partial charge in [0, 0.05) is 18.8 Å². The number of carbonyl (C=O) groups is 1. The Kier molecular flexibility index (Phi) is 5.06. The van der Waals surface area contributed by atoms with Crippen molar-refractivity contribution in [1.29, 1.82) is 0 Å². The molecule has 2 rings (SSSR count). The topological polar surface area (TPSA) is 53.4 Å². The number of carbonyl (C=O) groups excluding carboxylic acids is 1. The van der Waals surface area contributed by atoms with E-state index in [1.807, 2.05) is 0 Å². The summed E-state index contributed by atoms with van der Waals surface area (Å²) in [7, 11) is 0. The van der Waals surface area contributed by atoms with Crippen molar-refractivity contribution < 1.29 is 14.3 Å². The highest BCUT2D eigenvalue weighted by Gasteiger charge is 2.27. The van der Waals surface area contributed by atoms with Gasteiger partial charge in [-0.05, 0) is 32.3 Å². The van der Waals surface area contributed by atoms with Crippen molar-refractivity contribution in [2.24, 2.45) is 0 Å². The molecule has 4 nitrogen and oxygen atoms in total. The van der Waals surface area contributed by atoms with Crippen LogP contribution in [0.15, 0.2) is 18.5 Å². The fraction of sp³-hybridized carbons (Fsp3) is 0.600. The highest BCUT2D eigenvalue weighted by molar-refractivity contribution is 5.94. The molecular formula is C15H21FN2O2. The number of aliphatic hydroxyl groups is 1. The van der Waals surface area contributed by atoms with Crippen LogP contribution in [0.4, 0.5) is 4.39 Å². The van der Waals surface area contributed by atoms with Crippen molar-refractivity contribution in [1.82, 2.24) is 9.88 Å². The first kappa shape index (κ1) is 14.9. The zero-order valence-electron chi connectivity index (χ0n) is 11.8. The first-order valence-electron chi connectivity index (χ1n) is 7.17. The van der Waals surface area contributed by atoms with E-state index in [4.69, 9.17) is 0 Å². The van der Waals surface area contributed by atoms with Crippen LogP contribution in [0.25, 0.3) is 0 Å². The Hall–Kier alpha value is -1.49. The molecule has 1 fully saturated rings. The van der Waals surface area contributed by atoms with Gasteiger partial charge in [0.1, 0.15) is 5.82 Å². The predicted octanol–water partition coefficient (Wildman–Crippen LogP) is 2.38. The lowest BCUT2D eigenvalue weighted by atomic mass is 10.0. The third kappa shape index (κ3) is 3.76. The van der Waals surface area contributed by atoms with Gasteiger partial charge in [-0.2, -0.15) is 0 Å². The van der Waals surface area contributed by atoms with Crippen LogP contribution in [0.1, 0.15) is 49.4 Å². The van der Waals surface area contributed by atoms with E-state index in [1.165, 1.54) is 12.3 Å². The number of pyridine rings is 1. The average Bonchev–Trinajstić information content (AvgIpc) is 2.63. The maximum absolute atomic E-state index is 13.2. The Bertz CT molecular complexity index is 465. The summed E-state index contributed by atoms with van der Waals surface area (Å²) in [6, 6.07) is 1.24. The maximum Gasteiger partial charge on any atom is 0.255 e. The van der Waals surface area contributed by atoms with Crippen molar-refractivity contribution in [3.8, 4) is 0 Å². The molecule has 20 heavy (non-hydrogen) atoms. The molecule has 0 bridgehead atoms. The number of nitrogens with zero attached hydrogens (tertiary/aromatic N) is 2. The highest BCUT2D eigenvalue weighted by atomic mass is 19.1. The van der Waals surface area contributed by atoms with Crippen molar-refractivity contribution in [3.63, 3.8) is 0 Å². The molecule has 0 aromatic carbocycles. The smallest absolute Gasteiger partial charge is 0.255 e. The molecule has 0 radical (unpaired) electrons. The normalized spacial score (nSPS) is 21.4. The minimum Gasteiger partial charge on any atom is -0.393 e. The molecule has 2 unspecified atom stereocenters. The molecule has 2 atom stereocenters. The van der Waals surface area contributed by atoms with E-state index >= 15 is 0 Å². The van der Waals surface area contributed by atoms with E-state index in [0.717, 1.165) is 31.9 Å². The van der Waals surface area contributed by atoms with E-state index in [-0.39, 0.29) is 17.5 Å². The number of aromatic nitrogens is 1. The Labute approximate surface area is 118 Å². The summed E-state index contributed by atoms with van der Waals surface area (Å²) in [6.07, 6.45) is 6.59. The average molecular weight is 280 g/mol. The molecule has 2 heterocycles. The van der Waals surface area contributed by atoms with Gasteiger partial charge >= 0.3 is 0 Å². The molecule has 0 aliphatic carbocycles. The lowest BCUT2D eigenvalue weighted by molar-refractivity contribution is 0.0606. The van der Waals surface area contributed by atoms with Gasteiger partial charge in [-0.1, -0.05) is 12.8 Å². The molecule has 0 spiro atoms. The number of likely N-dealkylation sites (tertiary alicyclic amines) is 1. The molecule has 1 saturated heterocycles. The van der Waals surface area contributed by atoms with Crippen molar-refractivity contribution in [2.75, 3.05) is 6.54 Å². The van der Waals surface area contributed by atoms with Crippen LogP contribution in [0.5, 0.6) is 0 Å². The van der Waals surface area contributed by atoms with Gasteiger partial charge < -0.3 is 10.0 Å². The van der Waals surface area contributed by atoms with E-state index in [1.54, 1.807) is 11.8 Å². The summed E-state index contributed by atoms with van der Waals surface area (Å²) in [5.74, 6) is -0.692. The largest absolute Gasteiger partial charge is 0.393 e. The van der Waals surface area contributed by atoms with E-state index in [2.05, 4.69) is 4.98 Å². The number of aliphatic hydroxyl groups excluding tert-OH is 1. The molecule has 5 heteroatoms. The van der Waals surface area contributed by atoms with Gasteiger partial charge in [0.2, 0.25) is 0 Å². The number of hydrogen-bond acceptors (Lipinski definition) is 3. The SMILES string of the molecule is CC(O)CC1CCCCCN1C(=O)c1cncc(F)c1. The first-order valence-corrected chi connectivity index (χ1v) is 7.17. The van der Waals surface area contributed by atoms with Gasteiger partial charge in [0.15, 0.2) is 0 Å². The fourth-order valence-corrected chi connectivity index (χ4v) is 2.78. The van der Waals surface area contributed by atoms with Crippen LogP contribution >= 0.6 is 0 Å². The Morgan fingerprint density at radius 3 is 3.00 bits per heavy atom. The Balaban J connectivity index is 2.19. The monoisotopic (exact) mass is 280 g/mol. The zero-order chi connectivity index (χ0) is 14.5. The van der Waals surface area contributed by atoms with E-state index in [9.17, 15) is 14.3 Å². The van der Waals surface area contributed by atoms with Crippen molar-refractivity contribution in [3.05, 3.63) is 29.8 Å². The van der Waals surface area contributed by atoms with Gasteiger partial charge in [0.05, 0.1) is 17.9 Å². The van der Waals surface area contributed by atoms with Crippen LogP contribution in [0.2, 0.25) is 0 Å². The molecular weight excluding hydrogens is 259 g/mol. The second-order valence-corrected chi connectivity index (χ2v) is 5.48. The second-order valence-electron chi connectivity index (χ2n) is 5.48. The zero-order valence-corrected chi connectivity index (χ0v) is 11.8. The molecule has 1 N–H and O–H groups in total. The van der Waals surface area contributed by atoms with Crippen LogP contribution in [-0.2, 0) is 0 Å². The molecule has 0 saturated carbocycles. The predicted molar refractivity (Wildman–Crippen MR) is 73.8 cm³/mol. The quantitative estimate of drug-likeness (QED) is 0.925. The summed E-state index contributed by atoms with van der Waals surface area (Å²) in [5.41, 5.74) is 0.280. The molecule has 1 aliphatic rings. The van der Waals surface area contributed by atoms with Crippen LogP contribution in [-0.4, -0.2) is 39.6 Å². The standard InChI is InChI=1S/C15H21FN2O2/c1-11(19)7-14-5-3-2-4-6-18(14)15(20)12-8-13(16)10-17-9-12/h8-11,14,19H,2-7H2,1H3. The lowest BCUT2D eigenvalue weighted by Crippen LogP contribution is -2.41. The maximum atomic E-state index is 13.2. The molecule has 1 amide bonds. The summed E-state index contributed by atoms with van der Waals surface area (Å²) in [4.78, 5) is 18.0. The lowest BCUT2D eigenvalue weighted by Gasteiger charge is -2.31. The van der Waals surface area contributed by atoms with Gasteiger partial charge in [-0.15, -0.1) is 0 Å². The van der Waals surface area contributed by atoms with Gasteiger partial charge in [0.25, 0.3) is 5.91 Å². The van der Waals surface area contributed by atoms with Gasteiger partial charge in [-0.25, -0.2) is 4.39 Å². The summed E-state index contributed by atoms with van der Waals surface area (Å²) in [5, 5.41) is 9.60. The minimum atomic E-state index is -0.502. The Morgan fingerprint density at radius 1 is 1.50 bits per heavy atom. The number of hydrogen-bond donors (Lipinski definition) is 1. The number of rotatable bonds is 3. The third-order valence-corrected chi connectivity index (χ3v) is 3.70. The second kappa shape index (κ2) is 6.79. The van der Waals surface area contributed by atoms with E-state index in [0.29, 0.717) is 13.0 Å². The molecule has 1 aromatic rings. The highest BCUT2D eigenvalue weighted by Crippen LogP contribution is 2.22. The number of amides is 1. The molecule has 1 aromatic heterocycles. The van der Waals surface area contributed by atoms with Crippen LogP contribution in [0, 0.1) is 5.82 Å². The van der Waals surface area contributed by atoms with Crippen molar-refractivity contribution in [2.45, 2.75) is 51.2 Å². The van der Waals surface area contributed by atoms with Gasteiger partial charge in [-0.3, -0.25) is 9.78 Å². The molecule has 110 valence electrons. The third-order valence-electron chi connectivity index (χ3n) is 3.70.